The number of piperidine rings is 1. The van der Waals surface area contributed by atoms with Crippen molar-refractivity contribution in [2.24, 2.45) is 5.92 Å². The number of carboxylic acids is 1. The fraction of sp³-hybridized carbons (Fsp3) is 0.286. The summed E-state index contributed by atoms with van der Waals surface area (Å²) in [7, 11) is 0. The summed E-state index contributed by atoms with van der Waals surface area (Å²) in [6.07, 6.45) is 1.33. The van der Waals surface area contributed by atoms with Gasteiger partial charge in [-0.05, 0) is 36.1 Å². The highest BCUT2D eigenvalue weighted by atomic mass is 32.1. The molecular weight excluding hydrogens is 360 g/mol. The molecule has 0 atom stereocenters. The number of thiazole rings is 1. The molecule has 2 heterocycles. The Balaban J connectivity index is 1.46. The number of benzene rings is 2. The number of hydrogen-bond donors (Lipinski definition) is 1. The molecule has 1 amide bonds. The average Bonchev–Trinajstić information content (AvgIpc) is 3.10. The van der Waals surface area contributed by atoms with Crippen LogP contribution in [0.1, 0.15) is 17.8 Å². The number of carbonyl (C=O) groups is 2. The van der Waals surface area contributed by atoms with Gasteiger partial charge in [0.25, 0.3) is 0 Å². The Morgan fingerprint density at radius 2 is 1.81 bits per heavy atom. The van der Waals surface area contributed by atoms with Gasteiger partial charge >= 0.3 is 5.97 Å². The predicted octanol–water partition coefficient (Wildman–Crippen LogP) is 3.83. The molecule has 4 rings (SSSR count). The van der Waals surface area contributed by atoms with Crippen molar-refractivity contribution in [1.82, 2.24) is 9.88 Å². The Hall–Kier alpha value is -2.73. The lowest BCUT2D eigenvalue weighted by Gasteiger charge is -2.29. The van der Waals surface area contributed by atoms with Gasteiger partial charge in [-0.25, -0.2) is 4.98 Å². The minimum atomic E-state index is -0.762. The summed E-state index contributed by atoms with van der Waals surface area (Å²) >= 11 is 1.55. The molecule has 0 spiro atoms. The number of amides is 1. The van der Waals surface area contributed by atoms with Crippen LogP contribution in [-0.4, -0.2) is 40.0 Å². The fourth-order valence-corrected chi connectivity index (χ4v) is 4.42. The highest BCUT2D eigenvalue weighted by Crippen LogP contribution is 2.28. The standard InChI is InChI=1S/C21H20N2O3S/c24-20(23-10-8-15(9-11-23)21(25)26)13-19-22-17-12-16(6-7-18(17)27-19)14-4-2-1-3-5-14/h1-7,12,15H,8-11,13H2,(H,25,26). The Kier molecular flexibility index (Phi) is 4.90. The van der Waals surface area contributed by atoms with Crippen LogP contribution in [0.5, 0.6) is 0 Å². The third-order valence-electron chi connectivity index (χ3n) is 5.04. The van der Waals surface area contributed by atoms with Gasteiger partial charge in [-0.1, -0.05) is 36.4 Å². The Labute approximate surface area is 161 Å². The third-order valence-corrected chi connectivity index (χ3v) is 6.07. The van der Waals surface area contributed by atoms with Crippen molar-refractivity contribution in [1.29, 1.82) is 0 Å². The van der Waals surface area contributed by atoms with Gasteiger partial charge in [0.2, 0.25) is 5.91 Å². The highest BCUT2D eigenvalue weighted by molar-refractivity contribution is 7.18. The molecule has 6 heteroatoms. The van der Waals surface area contributed by atoms with Crippen molar-refractivity contribution in [3.05, 3.63) is 53.5 Å². The van der Waals surface area contributed by atoms with Gasteiger partial charge in [-0.2, -0.15) is 0 Å². The predicted molar refractivity (Wildman–Crippen MR) is 106 cm³/mol. The Bertz CT molecular complexity index is 976. The number of carboxylic acid groups (broad SMARTS) is 1. The topological polar surface area (TPSA) is 70.5 Å². The van der Waals surface area contributed by atoms with Crippen LogP contribution in [0.3, 0.4) is 0 Å². The molecule has 1 fully saturated rings. The minimum Gasteiger partial charge on any atom is -0.481 e. The summed E-state index contributed by atoms with van der Waals surface area (Å²) in [4.78, 5) is 30.0. The highest BCUT2D eigenvalue weighted by Gasteiger charge is 2.27. The molecule has 0 bridgehead atoms. The minimum absolute atomic E-state index is 0.0289. The maximum Gasteiger partial charge on any atom is 0.306 e. The lowest BCUT2D eigenvalue weighted by molar-refractivity contribution is -0.145. The van der Waals surface area contributed by atoms with Crippen molar-refractivity contribution in [3.8, 4) is 11.1 Å². The molecule has 1 aliphatic rings. The van der Waals surface area contributed by atoms with Crippen LogP contribution in [0.15, 0.2) is 48.5 Å². The lowest BCUT2D eigenvalue weighted by Crippen LogP contribution is -2.40. The fourth-order valence-electron chi connectivity index (χ4n) is 3.48. The number of aromatic nitrogens is 1. The van der Waals surface area contributed by atoms with Gasteiger partial charge in [-0.3, -0.25) is 9.59 Å². The molecule has 5 nitrogen and oxygen atoms in total. The van der Waals surface area contributed by atoms with Gasteiger partial charge in [-0.15, -0.1) is 11.3 Å². The molecule has 0 saturated carbocycles. The zero-order valence-corrected chi connectivity index (χ0v) is 15.6. The molecule has 1 saturated heterocycles. The molecule has 2 aromatic carbocycles. The second-order valence-corrected chi connectivity index (χ2v) is 7.94. The number of fused-ring (bicyclic) bond motifs is 1. The van der Waals surface area contributed by atoms with E-state index in [1.165, 1.54) is 0 Å². The van der Waals surface area contributed by atoms with E-state index >= 15 is 0 Å². The van der Waals surface area contributed by atoms with E-state index in [4.69, 9.17) is 5.11 Å². The summed E-state index contributed by atoms with van der Waals surface area (Å²) in [6.45, 7) is 1.03. The van der Waals surface area contributed by atoms with Crippen LogP contribution in [0.2, 0.25) is 0 Å². The zero-order chi connectivity index (χ0) is 18.8. The van der Waals surface area contributed by atoms with Crippen LogP contribution >= 0.6 is 11.3 Å². The quantitative estimate of drug-likeness (QED) is 0.747. The number of aliphatic carboxylic acids is 1. The lowest BCUT2D eigenvalue weighted by atomic mass is 9.97. The summed E-state index contributed by atoms with van der Waals surface area (Å²) in [5.41, 5.74) is 3.17. The van der Waals surface area contributed by atoms with Crippen LogP contribution in [0, 0.1) is 5.92 Å². The van der Waals surface area contributed by atoms with Crippen LogP contribution in [0.25, 0.3) is 21.3 Å². The van der Waals surface area contributed by atoms with E-state index in [0.29, 0.717) is 25.9 Å². The van der Waals surface area contributed by atoms with Crippen molar-refractivity contribution in [2.75, 3.05) is 13.1 Å². The first-order valence-corrected chi connectivity index (χ1v) is 9.87. The molecule has 1 aromatic heterocycles. The molecule has 0 unspecified atom stereocenters. The van der Waals surface area contributed by atoms with E-state index in [9.17, 15) is 9.59 Å². The van der Waals surface area contributed by atoms with Crippen molar-refractivity contribution in [2.45, 2.75) is 19.3 Å². The number of carbonyl (C=O) groups excluding carboxylic acids is 1. The molecule has 3 aromatic rings. The molecular formula is C21H20N2O3S. The van der Waals surface area contributed by atoms with Gasteiger partial charge in [0.1, 0.15) is 5.01 Å². The number of nitrogens with zero attached hydrogens (tertiary/aromatic N) is 2. The SMILES string of the molecule is O=C(O)C1CCN(C(=O)Cc2nc3cc(-c4ccccc4)ccc3s2)CC1. The molecule has 138 valence electrons. The summed E-state index contributed by atoms with van der Waals surface area (Å²) in [5, 5.41) is 9.88. The first-order valence-electron chi connectivity index (χ1n) is 9.05. The van der Waals surface area contributed by atoms with Crippen LogP contribution in [-0.2, 0) is 16.0 Å². The summed E-state index contributed by atoms with van der Waals surface area (Å²) < 4.78 is 1.07. The molecule has 0 aliphatic carbocycles. The number of rotatable bonds is 4. The summed E-state index contributed by atoms with van der Waals surface area (Å²) in [5.74, 6) is -1.06. The Morgan fingerprint density at radius 1 is 1.07 bits per heavy atom. The second kappa shape index (κ2) is 7.48. The maximum atomic E-state index is 12.6. The number of likely N-dealkylation sites (tertiary alicyclic amines) is 1. The van der Waals surface area contributed by atoms with Crippen LogP contribution in [0.4, 0.5) is 0 Å². The average molecular weight is 380 g/mol. The van der Waals surface area contributed by atoms with Gasteiger partial charge in [0.15, 0.2) is 0 Å². The van der Waals surface area contributed by atoms with Gasteiger partial charge in [0.05, 0.1) is 22.6 Å². The van der Waals surface area contributed by atoms with Crippen molar-refractivity contribution >= 4 is 33.4 Å². The molecule has 1 N–H and O–H groups in total. The van der Waals surface area contributed by atoms with Gasteiger partial charge < -0.3 is 10.0 Å². The van der Waals surface area contributed by atoms with E-state index in [1.54, 1.807) is 16.2 Å². The smallest absolute Gasteiger partial charge is 0.306 e. The van der Waals surface area contributed by atoms with E-state index in [1.807, 2.05) is 18.2 Å². The Morgan fingerprint density at radius 3 is 2.52 bits per heavy atom. The monoisotopic (exact) mass is 380 g/mol. The van der Waals surface area contributed by atoms with E-state index in [0.717, 1.165) is 26.4 Å². The largest absolute Gasteiger partial charge is 0.481 e. The first-order chi connectivity index (χ1) is 13.1. The number of hydrogen-bond acceptors (Lipinski definition) is 4. The van der Waals surface area contributed by atoms with Crippen molar-refractivity contribution in [3.63, 3.8) is 0 Å². The van der Waals surface area contributed by atoms with E-state index < -0.39 is 5.97 Å². The third kappa shape index (κ3) is 3.85. The van der Waals surface area contributed by atoms with Crippen molar-refractivity contribution < 1.29 is 14.7 Å². The molecule has 0 radical (unpaired) electrons. The second-order valence-electron chi connectivity index (χ2n) is 6.83. The molecule has 27 heavy (non-hydrogen) atoms. The molecule has 1 aliphatic heterocycles. The van der Waals surface area contributed by atoms with E-state index in [-0.39, 0.29) is 18.2 Å². The van der Waals surface area contributed by atoms with E-state index in [2.05, 4.69) is 35.3 Å². The maximum absolute atomic E-state index is 12.6. The van der Waals surface area contributed by atoms with Gasteiger partial charge in [0, 0.05) is 13.1 Å². The van der Waals surface area contributed by atoms with Crippen LogP contribution < -0.4 is 0 Å². The summed E-state index contributed by atoms with van der Waals surface area (Å²) in [6, 6.07) is 16.4. The first kappa shape index (κ1) is 17.7. The zero-order valence-electron chi connectivity index (χ0n) is 14.8. The normalized spacial score (nSPS) is 15.2.